The van der Waals surface area contributed by atoms with Crippen molar-refractivity contribution in [1.29, 1.82) is 5.26 Å². The molecule has 0 spiro atoms. The number of esters is 1. The molecule has 0 saturated carbocycles. The average Bonchev–Trinajstić information content (AvgIpc) is 3.71. The normalized spacial score (nSPS) is 20.2. The summed E-state index contributed by atoms with van der Waals surface area (Å²) in [5.74, 6) is -0.536. The molecular weight excluding hydrogens is 687 g/mol. The highest BCUT2D eigenvalue weighted by Gasteiger charge is 2.61. The summed E-state index contributed by atoms with van der Waals surface area (Å²) in [5.41, 5.74) is -0.713. The standard InChI is InChI=1S/C41H45N5O6Si/c1-5-6-22-35(47)45-39-32-23-24-34(46(32)44-28-43-39)41(27-42)38(49)37(51-36(48)25-29-16-10-7-11-17-29)33(52-41)26-50-53(40(2,3)4,30-18-12-8-13-19-30)31-20-14-9-15-21-31/h7-21,23-24,28,33,37-38,49H,5-6,22,25-26H2,1-4H3,(H,43,44,45,47)/t33-,37-,38-,41+/m1/s1. The highest BCUT2D eigenvalue weighted by Crippen LogP contribution is 2.43. The van der Waals surface area contributed by atoms with E-state index >= 15 is 0 Å². The van der Waals surface area contributed by atoms with Crippen molar-refractivity contribution < 1.29 is 28.6 Å². The maximum absolute atomic E-state index is 13.5. The number of aliphatic hydroxyl groups is 1. The number of amides is 1. The van der Waals surface area contributed by atoms with Gasteiger partial charge in [-0.05, 0) is 39.5 Å². The van der Waals surface area contributed by atoms with Gasteiger partial charge in [-0.3, -0.25) is 9.59 Å². The van der Waals surface area contributed by atoms with Crippen molar-refractivity contribution in [3.63, 3.8) is 0 Å². The average molecular weight is 732 g/mol. The van der Waals surface area contributed by atoms with Gasteiger partial charge >= 0.3 is 5.97 Å². The van der Waals surface area contributed by atoms with Crippen molar-refractivity contribution in [2.45, 2.75) is 82.3 Å². The Morgan fingerprint density at radius 3 is 2.19 bits per heavy atom. The number of hydrogen-bond donors (Lipinski definition) is 2. The summed E-state index contributed by atoms with van der Waals surface area (Å²) in [6.45, 7) is 8.33. The lowest BCUT2D eigenvalue weighted by Crippen LogP contribution is -2.67. The minimum atomic E-state index is -3.12. The lowest BCUT2D eigenvalue weighted by Gasteiger charge is -2.43. The summed E-state index contributed by atoms with van der Waals surface area (Å²) < 4.78 is 21.3. The Kier molecular flexibility index (Phi) is 11.2. The van der Waals surface area contributed by atoms with Gasteiger partial charge in [0.2, 0.25) is 11.5 Å². The number of nitriles is 1. The van der Waals surface area contributed by atoms with Crippen LogP contribution in [0.1, 0.15) is 58.2 Å². The molecule has 1 aliphatic heterocycles. The number of rotatable bonds is 13. The van der Waals surface area contributed by atoms with Gasteiger partial charge in [0, 0.05) is 6.42 Å². The van der Waals surface area contributed by atoms with Crippen LogP contribution in [0.2, 0.25) is 5.04 Å². The number of unbranched alkanes of at least 4 members (excludes halogenated alkanes) is 1. The second-order valence-corrected chi connectivity index (χ2v) is 18.6. The van der Waals surface area contributed by atoms with Gasteiger partial charge in [0.15, 0.2) is 11.9 Å². The fourth-order valence-electron chi connectivity index (χ4n) is 7.21. The van der Waals surface area contributed by atoms with E-state index in [1.165, 1.54) is 10.8 Å². The van der Waals surface area contributed by atoms with Crippen LogP contribution in [0.3, 0.4) is 0 Å². The van der Waals surface area contributed by atoms with Crippen LogP contribution in [0, 0.1) is 11.3 Å². The van der Waals surface area contributed by atoms with Crippen LogP contribution in [0.15, 0.2) is 109 Å². The minimum Gasteiger partial charge on any atom is -0.456 e. The van der Waals surface area contributed by atoms with Gasteiger partial charge in [-0.25, -0.2) is 9.50 Å². The summed E-state index contributed by atoms with van der Waals surface area (Å²) in [6, 6.07) is 34.8. The molecule has 11 nitrogen and oxygen atoms in total. The largest absolute Gasteiger partial charge is 0.456 e. The molecule has 53 heavy (non-hydrogen) atoms. The molecule has 0 radical (unpaired) electrons. The molecule has 0 unspecified atom stereocenters. The van der Waals surface area contributed by atoms with Gasteiger partial charge < -0.3 is 24.3 Å². The number of nitrogens with one attached hydrogen (secondary N) is 1. The van der Waals surface area contributed by atoms with Crippen LogP contribution in [0.5, 0.6) is 0 Å². The highest BCUT2D eigenvalue weighted by molar-refractivity contribution is 6.99. The van der Waals surface area contributed by atoms with Crippen LogP contribution in [-0.2, 0) is 35.5 Å². The highest BCUT2D eigenvalue weighted by atomic mass is 28.4. The first-order chi connectivity index (χ1) is 25.5. The summed E-state index contributed by atoms with van der Waals surface area (Å²) in [5, 5.41) is 32.0. The van der Waals surface area contributed by atoms with Crippen LogP contribution in [-0.4, -0.2) is 64.8 Å². The summed E-state index contributed by atoms with van der Waals surface area (Å²) in [6.07, 6.45) is -0.869. The molecular formula is C41H45N5O6Si. The molecule has 1 amide bonds. The van der Waals surface area contributed by atoms with E-state index < -0.39 is 38.2 Å². The molecule has 3 heterocycles. The molecule has 1 aliphatic rings. The Morgan fingerprint density at radius 1 is 0.981 bits per heavy atom. The predicted molar refractivity (Wildman–Crippen MR) is 203 cm³/mol. The zero-order valence-electron chi connectivity index (χ0n) is 30.4. The molecule has 5 aromatic rings. The van der Waals surface area contributed by atoms with Crippen LogP contribution < -0.4 is 15.7 Å². The van der Waals surface area contributed by atoms with Gasteiger partial charge in [0.05, 0.1) is 18.7 Å². The second-order valence-electron chi connectivity index (χ2n) is 14.3. The van der Waals surface area contributed by atoms with E-state index in [1.807, 2.05) is 73.7 Å². The maximum atomic E-state index is 13.5. The molecule has 1 saturated heterocycles. The van der Waals surface area contributed by atoms with Crippen molar-refractivity contribution in [2.24, 2.45) is 0 Å². The Balaban J connectivity index is 1.40. The van der Waals surface area contributed by atoms with Gasteiger partial charge in [-0.1, -0.05) is 125 Å². The van der Waals surface area contributed by atoms with Crippen molar-refractivity contribution in [1.82, 2.24) is 14.6 Å². The van der Waals surface area contributed by atoms with Crippen LogP contribution in [0.25, 0.3) is 5.52 Å². The van der Waals surface area contributed by atoms with E-state index in [0.29, 0.717) is 11.9 Å². The van der Waals surface area contributed by atoms with Gasteiger partial charge in [-0.2, -0.15) is 10.4 Å². The fraction of sp³-hybridized carbons (Fsp3) is 0.341. The fourth-order valence-corrected chi connectivity index (χ4v) is 11.8. The Hall–Kier alpha value is -5.19. The van der Waals surface area contributed by atoms with Crippen molar-refractivity contribution in [3.8, 4) is 6.07 Å². The van der Waals surface area contributed by atoms with E-state index in [4.69, 9.17) is 13.9 Å². The second kappa shape index (κ2) is 15.8. The third kappa shape index (κ3) is 7.38. The van der Waals surface area contributed by atoms with Crippen LogP contribution >= 0.6 is 0 Å². The molecule has 12 heteroatoms. The minimum absolute atomic E-state index is 0.0473. The monoisotopic (exact) mass is 731 g/mol. The molecule has 0 bridgehead atoms. The van der Waals surface area contributed by atoms with Crippen LogP contribution in [0.4, 0.5) is 5.82 Å². The molecule has 0 aliphatic carbocycles. The molecule has 3 aromatic carbocycles. The van der Waals surface area contributed by atoms with E-state index in [1.54, 1.807) is 12.1 Å². The third-order valence-corrected chi connectivity index (χ3v) is 14.8. The molecule has 1 fully saturated rings. The van der Waals surface area contributed by atoms with Gasteiger partial charge in [0.25, 0.3) is 8.32 Å². The number of ether oxygens (including phenoxy) is 2. The SMILES string of the molecule is CCCCC(=O)Nc1ncnn2c([C@]3(C#N)O[C@H](CO[Si](c4ccccc4)(c4ccccc4)C(C)(C)C)[C@@H](OC(=O)Cc4ccccc4)[C@H]3O)ccc12. The Labute approximate surface area is 310 Å². The van der Waals surface area contributed by atoms with E-state index in [2.05, 4.69) is 66.5 Å². The number of nitrogens with zero attached hydrogens (tertiary/aromatic N) is 4. The van der Waals surface area contributed by atoms with Crippen molar-refractivity contribution in [3.05, 3.63) is 121 Å². The van der Waals surface area contributed by atoms with Crippen molar-refractivity contribution >= 4 is 41.9 Å². The number of fused-ring (bicyclic) bond motifs is 1. The molecule has 2 N–H and O–H groups in total. The first kappa shape index (κ1) is 37.6. The summed E-state index contributed by atoms with van der Waals surface area (Å²) in [7, 11) is -3.12. The lowest BCUT2D eigenvalue weighted by molar-refractivity contribution is -0.155. The number of carbonyl (C=O) groups is 2. The smallest absolute Gasteiger partial charge is 0.310 e. The third-order valence-electron chi connectivity index (χ3n) is 9.78. The number of hydrogen-bond acceptors (Lipinski definition) is 9. The van der Waals surface area contributed by atoms with E-state index in [9.17, 15) is 20.0 Å². The molecule has 274 valence electrons. The molecule has 2 aromatic heterocycles. The summed E-state index contributed by atoms with van der Waals surface area (Å²) in [4.78, 5) is 30.4. The zero-order valence-corrected chi connectivity index (χ0v) is 31.4. The Morgan fingerprint density at radius 2 is 1.60 bits per heavy atom. The topological polar surface area (TPSA) is 148 Å². The van der Waals surface area contributed by atoms with E-state index in [-0.39, 0.29) is 35.5 Å². The van der Waals surface area contributed by atoms with Gasteiger partial charge in [-0.15, -0.1) is 0 Å². The quantitative estimate of drug-likeness (QED) is 0.125. The first-order valence-corrected chi connectivity index (χ1v) is 19.8. The number of carbonyl (C=O) groups excluding carboxylic acids is 2. The summed E-state index contributed by atoms with van der Waals surface area (Å²) >= 11 is 0. The first-order valence-electron chi connectivity index (χ1n) is 17.9. The van der Waals surface area contributed by atoms with Gasteiger partial charge in [0.1, 0.15) is 30.1 Å². The van der Waals surface area contributed by atoms with E-state index in [0.717, 1.165) is 28.8 Å². The zero-order chi connectivity index (χ0) is 37.6. The number of benzene rings is 3. The molecule has 4 atom stereocenters. The Bertz CT molecular complexity index is 2030. The predicted octanol–water partition coefficient (Wildman–Crippen LogP) is 5.07. The maximum Gasteiger partial charge on any atom is 0.310 e. The lowest BCUT2D eigenvalue weighted by atomic mass is 9.92. The number of aromatic nitrogens is 3. The number of anilines is 1. The molecule has 6 rings (SSSR count). The van der Waals surface area contributed by atoms with Crippen molar-refractivity contribution in [2.75, 3.05) is 11.9 Å². The number of aliphatic hydroxyl groups excluding tert-OH is 1.